The van der Waals surface area contributed by atoms with Crippen molar-refractivity contribution in [2.45, 2.75) is 0 Å². The number of amides is 2. The van der Waals surface area contributed by atoms with Gasteiger partial charge in [0.15, 0.2) is 10.9 Å². The Morgan fingerprint density at radius 3 is 2.57 bits per heavy atom. The van der Waals surface area contributed by atoms with Gasteiger partial charge in [-0.1, -0.05) is 35.3 Å². The maximum absolute atomic E-state index is 12.6. The van der Waals surface area contributed by atoms with Crippen molar-refractivity contribution in [1.82, 2.24) is 5.32 Å². The molecule has 0 saturated heterocycles. The van der Waals surface area contributed by atoms with E-state index in [4.69, 9.17) is 44.6 Å². The summed E-state index contributed by atoms with van der Waals surface area (Å²) in [6, 6.07) is 16.8. The van der Waals surface area contributed by atoms with E-state index in [1.807, 2.05) is 5.38 Å². The number of carbonyl (C=O) groups is 2. The van der Waals surface area contributed by atoms with Crippen LogP contribution in [0.15, 0.2) is 70.5 Å². The Balaban J connectivity index is 1.40. The van der Waals surface area contributed by atoms with Gasteiger partial charge in [0.1, 0.15) is 11.5 Å². The van der Waals surface area contributed by atoms with E-state index in [1.165, 1.54) is 24.5 Å². The predicted molar refractivity (Wildman–Crippen MR) is 143 cm³/mol. The first-order valence-corrected chi connectivity index (χ1v) is 12.1. The number of hydrogen-bond donors (Lipinski definition) is 3. The summed E-state index contributed by atoms with van der Waals surface area (Å²) >= 11 is 18.9. The molecule has 0 bridgehead atoms. The summed E-state index contributed by atoms with van der Waals surface area (Å²) in [5.41, 5.74) is 1.61. The second-order valence-electron chi connectivity index (χ2n) is 7.02. The first-order chi connectivity index (χ1) is 16.9. The van der Waals surface area contributed by atoms with Crippen LogP contribution in [0.25, 0.3) is 11.3 Å². The number of halogens is 2. The molecule has 2 aromatic carbocycles. The number of ether oxygens (including phenoxy) is 1. The van der Waals surface area contributed by atoms with Gasteiger partial charge in [-0.05, 0) is 60.1 Å². The van der Waals surface area contributed by atoms with Crippen LogP contribution in [0.2, 0.25) is 10.0 Å². The van der Waals surface area contributed by atoms with Crippen molar-refractivity contribution in [2.75, 3.05) is 17.7 Å². The van der Waals surface area contributed by atoms with Gasteiger partial charge in [0.05, 0.1) is 27.7 Å². The Morgan fingerprint density at radius 2 is 1.83 bits per heavy atom. The van der Waals surface area contributed by atoms with Crippen LogP contribution in [0.5, 0.6) is 5.75 Å². The van der Waals surface area contributed by atoms with Gasteiger partial charge in [0, 0.05) is 17.3 Å². The van der Waals surface area contributed by atoms with Crippen molar-refractivity contribution in [3.8, 4) is 17.1 Å². The summed E-state index contributed by atoms with van der Waals surface area (Å²) < 4.78 is 11.0. The Morgan fingerprint density at radius 1 is 1.00 bits per heavy atom. The molecule has 2 heterocycles. The van der Waals surface area contributed by atoms with E-state index in [-0.39, 0.29) is 16.8 Å². The van der Waals surface area contributed by atoms with Crippen LogP contribution in [0.4, 0.5) is 11.4 Å². The third-order valence-corrected chi connectivity index (χ3v) is 6.62. The number of thiophene rings is 1. The lowest BCUT2D eigenvalue weighted by Gasteiger charge is -2.13. The van der Waals surface area contributed by atoms with Gasteiger partial charge in [-0.2, -0.15) is 0 Å². The fraction of sp³-hybridized carbons (Fsp3) is 0.0417. The van der Waals surface area contributed by atoms with E-state index in [9.17, 15) is 9.59 Å². The van der Waals surface area contributed by atoms with Crippen LogP contribution in [0.3, 0.4) is 0 Å². The van der Waals surface area contributed by atoms with Gasteiger partial charge < -0.3 is 19.8 Å². The Labute approximate surface area is 220 Å². The number of benzene rings is 2. The van der Waals surface area contributed by atoms with E-state index >= 15 is 0 Å². The summed E-state index contributed by atoms with van der Waals surface area (Å²) in [5.74, 6) is 0.0799. The molecule has 0 radical (unpaired) electrons. The van der Waals surface area contributed by atoms with Crippen LogP contribution >= 0.6 is 46.8 Å². The second kappa shape index (κ2) is 10.9. The normalized spacial score (nSPS) is 10.5. The molecule has 0 fully saturated rings. The minimum Gasteiger partial charge on any atom is -0.494 e. The van der Waals surface area contributed by atoms with Crippen LogP contribution in [-0.2, 0) is 0 Å². The number of hydrogen-bond acceptors (Lipinski definition) is 6. The van der Waals surface area contributed by atoms with Crippen molar-refractivity contribution in [3.63, 3.8) is 0 Å². The van der Waals surface area contributed by atoms with Crippen molar-refractivity contribution in [2.24, 2.45) is 0 Å². The molecular weight excluding hydrogens is 529 g/mol. The van der Waals surface area contributed by atoms with Gasteiger partial charge in [-0.3, -0.25) is 14.9 Å². The molecule has 0 unspecified atom stereocenters. The quantitative estimate of drug-likeness (QED) is 0.233. The van der Waals surface area contributed by atoms with E-state index in [0.717, 1.165) is 0 Å². The molecule has 4 rings (SSSR count). The van der Waals surface area contributed by atoms with Crippen LogP contribution < -0.4 is 20.7 Å². The zero-order chi connectivity index (χ0) is 24.9. The highest BCUT2D eigenvalue weighted by molar-refractivity contribution is 7.80. The van der Waals surface area contributed by atoms with Gasteiger partial charge in [-0.25, -0.2) is 0 Å². The lowest BCUT2D eigenvalue weighted by atomic mass is 10.2. The monoisotopic (exact) mass is 545 g/mol. The average Bonchev–Trinajstić information content (AvgIpc) is 3.54. The number of anilines is 2. The molecule has 178 valence electrons. The average molecular weight is 546 g/mol. The largest absolute Gasteiger partial charge is 0.494 e. The SMILES string of the molecule is COc1cc(NC(=S)NC(=O)c2ccc(-c3cccc(Cl)c3Cl)o2)ccc1NC(=O)c1cccs1. The fourth-order valence-electron chi connectivity index (χ4n) is 3.09. The third-order valence-electron chi connectivity index (χ3n) is 4.73. The molecule has 35 heavy (non-hydrogen) atoms. The first-order valence-electron chi connectivity index (χ1n) is 10.0. The fourth-order valence-corrected chi connectivity index (χ4v) is 4.31. The molecule has 0 atom stereocenters. The zero-order valence-corrected chi connectivity index (χ0v) is 21.2. The lowest BCUT2D eigenvalue weighted by Crippen LogP contribution is -2.33. The van der Waals surface area contributed by atoms with E-state index in [1.54, 1.807) is 54.6 Å². The highest BCUT2D eigenvalue weighted by atomic mass is 35.5. The summed E-state index contributed by atoms with van der Waals surface area (Å²) in [6.45, 7) is 0. The number of furan rings is 1. The van der Waals surface area contributed by atoms with Crippen molar-refractivity contribution in [1.29, 1.82) is 0 Å². The second-order valence-corrected chi connectivity index (χ2v) is 9.16. The number of methoxy groups -OCH3 is 1. The topological polar surface area (TPSA) is 92.6 Å². The molecule has 3 N–H and O–H groups in total. The lowest BCUT2D eigenvalue weighted by molar-refractivity contribution is 0.0950. The van der Waals surface area contributed by atoms with Gasteiger partial charge in [0.2, 0.25) is 0 Å². The number of rotatable bonds is 6. The predicted octanol–water partition coefficient (Wildman–Crippen LogP) is 6.70. The minimum atomic E-state index is -0.543. The standard InChI is InChI=1S/C24H17Cl2N3O4S2/c1-32-19-12-13(7-8-16(19)28-23(31)20-6-3-11-35-20)27-24(34)29-22(30)18-10-9-17(33-18)14-4-2-5-15(25)21(14)26/h2-12H,1H3,(H,28,31)(H2,27,29,30,34). The molecule has 4 aromatic rings. The molecule has 7 nitrogen and oxygen atoms in total. The Hall–Kier alpha value is -3.37. The minimum absolute atomic E-state index is 0.0458. The van der Waals surface area contributed by atoms with E-state index in [2.05, 4.69) is 16.0 Å². The molecule has 2 aromatic heterocycles. The molecule has 0 aliphatic heterocycles. The maximum Gasteiger partial charge on any atom is 0.293 e. The maximum atomic E-state index is 12.6. The van der Waals surface area contributed by atoms with Crippen molar-refractivity contribution < 1.29 is 18.7 Å². The number of nitrogens with one attached hydrogen (secondary N) is 3. The van der Waals surface area contributed by atoms with E-state index < -0.39 is 5.91 Å². The molecular formula is C24H17Cl2N3O4S2. The first kappa shape index (κ1) is 24.7. The molecule has 0 spiro atoms. The third kappa shape index (κ3) is 5.83. The van der Waals surface area contributed by atoms with Crippen LogP contribution in [0, 0.1) is 0 Å². The molecule has 0 aliphatic rings. The van der Waals surface area contributed by atoms with Gasteiger partial charge in [0.25, 0.3) is 11.8 Å². The molecule has 11 heteroatoms. The summed E-state index contributed by atoms with van der Waals surface area (Å²) in [5, 5.41) is 10.9. The highest BCUT2D eigenvalue weighted by Crippen LogP contribution is 2.34. The Kier molecular flexibility index (Phi) is 7.72. The summed E-state index contributed by atoms with van der Waals surface area (Å²) in [7, 11) is 1.49. The Bertz CT molecular complexity index is 1400. The number of thiocarbonyl (C=S) groups is 1. The van der Waals surface area contributed by atoms with Crippen LogP contribution in [0.1, 0.15) is 20.2 Å². The van der Waals surface area contributed by atoms with E-state index in [0.29, 0.717) is 43.4 Å². The van der Waals surface area contributed by atoms with Crippen LogP contribution in [-0.4, -0.2) is 24.0 Å². The van der Waals surface area contributed by atoms with Gasteiger partial charge in [-0.15, -0.1) is 11.3 Å². The van der Waals surface area contributed by atoms with Crippen molar-refractivity contribution in [3.05, 3.63) is 86.7 Å². The summed E-state index contributed by atoms with van der Waals surface area (Å²) in [4.78, 5) is 25.5. The molecule has 2 amide bonds. The smallest absolute Gasteiger partial charge is 0.293 e. The number of carbonyl (C=O) groups excluding carboxylic acids is 2. The molecule has 0 aliphatic carbocycles. The summed E-state index contributed by atoms with van der Waals surface area (Å²) in [6.07, 6.45) is 0. The molecule has 0 saturated carbocycles. The highest BCUT2D eigenvalue weighted by Gasteiger charge is 2.17. The zero-order valence-electron chi connectivity index (χ0n) is 18.1. The van der Waals surface area contributed by atoms with Crippen molar-refractivity contribution >= 4 is 75.1 Å². The van der Waals surface area contributed by atoms with Gasteiger partial charge >= 0.3 is 0 Å².